The van der Waals surface area contributed by atoms with Gasteiger partial charge in [-0.15, -0.1) is 0 Å². The molecule has 1 saturated heterocycles. The van der Waals surface area contributed by atoms with E-state index in [0.29, 0.717) is 0 Å². The van der Waals surface area contributed by atoms with E-state index in [-0.39, 0.29) is 0 Å². The van der Waals surface area contributed by atoms with Gasteiger partial charge in [-0.3, -0.25) is 0 Å². The minimum absolute atomic E-state index is 0.772. The molecule has 2 heteroatoms. The molecule has 0 aromatic heterocycles. The van der Waals surface area contributed by atoms with Crippen LogP contribution in [0.1, 0.15) is 27.2 Å². The van der Waals surface area contributed by atoms with E-state index in [2.05, 4.69) is 38.3 Å². The Hall–Kier alpha value is 0.310. The average Bonchev–Trinajstić information content (AvgIpc) is 2.46. The second kappa shape index (κ2) is 5.26. The van der Waals surface area contributed by atoms with Gasteiger partial charge >= 0.3 is 0 Å². The Balaban J connectivity index is 2.30. The number of nitrogens with zero attached hydrogens (tertiary/aromatic N) is 1. The van der Waals surface area contributed by atoms with E-state index in [1.165, 1.54) is 26.1 Å². The number of thiol groups is 1. The highest BCUT2D eigenvalue weighted by molar-refractivity contribution is 7.80. The van der Waals surface area contributed by atoms with Crippen molar-refractivity contribution in [3.63, 3.8) is 0 Å². The fourth-order valence-corrected chi connectivity index (χ4v) is 2.54. The van der Waals surface area contributed by atoms with Gasteiger partial charge < -0.3 is 4.90 Å². The third-order valence-corrected chi connectivity index (χ3v) is 3.65. The molecule has 13 heavy (non-hydrogen) atoms. The lowest BCUT2D eigenvalue weighted by molar-refractivity contribution is 0.248. The van der Waals surface area contributed by atoms with E-state index < -0.39 is 0 Å². The molecule has 1 aliphatic heterocycles. The summed E-state index contributed by atoms with van der Waals surface area (Å²) in [4.78, 5) is 2.60. The van der Waals surface area contributed by atoms with E-state index >= 15 is 0 Å². The molecule has 1 rings (SSSR count). The summed E-state index contributed by atoms with van der Waals surface area (Å²) < 4.78 is 0. The molecule has 0 aliphatic carbocycles. The number of likely N-dealkylation sites (tertiary alicyclic amines) is 1. The predicted molar refractivity (Wildman–Crippen MR) is 62.4 cm³/mol. The van der Waals surface area contributed by atoms with Gasteiger partial charge in [0.15, 0.2) is 0 Å². The van der Waals surface area contributed by atoms with Gasteiger partial charge in [0.25, 0.3) is 0 Å². The Morgan fingerprint density at radius 2 is 2.15 bits per heavy atom. The average molecular weight is 201 g/mol. The smallest absolute Gasteiger partial charge is 0.00200 e. The molecule has 2 unspecified atom stereocenters. The van der Waals surface area contributed by atoms with Crippen molar-refractivity contribution in [2.24, 2.45) is 17.8 Å². The quantitative estimate of drug-likeness (QED) is 0.684. The van der Waals surface area contributed by atoms with Crippen LogP contribution >= 0.6 is 12.6 Å². The molecule has 1 heterocycles. The van der Waals surface area contributed by atoms with Gasteiger partial charge in [0, 0.05) is 13.1 Å². The van der Waals surface area contributed by atoms with Gasteiger partial charge in [0.1, 0.15) is 0 Å². The molecule has 1 aliphatic rings. The largest absolute Gasteiger partial charge is 0.303 e. The maximum absolute atomic E-state index is 4.42. The second-order valence-corrected chi connectivity index (χ2v) is 5.21. The molecule has 2 atom stereocenters. The SMILES string of the molecule is CC1CCN(CC(CS)C(C)C)C1. The first-order chi connectivity index (χ1) is 6.13. The Labute approximate surface area is 88.3 Å². The van der Waals surface area contributed by atoms with E-state index in [1.807, 2.05) is 0 Å². The van der Waals surface area contributed by atoms with Crippen LogP contribution in [0.15, 0.2) is 0 Å². The highest BCUT2D eigenvalue weighted by Crippen LogP contribution is 2.20. The van der Waals surface area contributed by atoms with Crippen molar-refractivity contribution in [2.75, 3.05) is 25.4 Å². The summed E-state index contributed by atoms with van der Waals surface area (Å²) in [5.41, 5.74) is 0. The van der Waals surface area contributed by atoms with Crippen LogP contribution in [-0.2, 0) is 0 Å². The van der Waals surface area contributed by atoms with Gasteiger partial charge in [0.05, 0.1) is 0 Å². The Kier molecular flexibility index (Phi) is 4.60. The van der Waals surface area contributed by atoms with Crippen LogP contribution in [0.5, 0.6) is 0 Å². The summed E-state index contributed by atoms with van der Waals surface area (Å²) in [6, 6.07) is 0. The molecule has 0 saturated carbocycles. The van der Waals surface area contributed by atoms with E-state index in [0.717, 1.165) is 23.5 Å². The van der Waals surface area contributed by atoms with Gasteiger partial charge in [-0.05, 0) is 36.5 Å². The summed E-state index contributed by atoms with van der Waals surface area (Å²) >= 11 is 4.42. The lowest BCUT2D eigenvalue weighted by Gasteiger charge is -2.25. The third-order valence-electron chi connectivity index (χ3n) is 3.18. The van der Waals surface area contributed by atoms with Crippen LogP contribution in [0, 0.1) is 17.8 Å². The van der Waals surface area contributed by atoms with Crippen LogP contribution in [-0.4, -0.2) is 30.3 Å². The summed E-state index contributed by atoms with van der Waals surface area (Å²) in [5.74, 6) is 3.48. The van der Waals surface area contributed by atoms with Crippen LogP contribution in [0.3, 0.4) is 0 Å². The van der Waals surface area contributed by atoms with Crippen LogP contribution < -0.4 is 0 Å². The van der Waals surface area contributed by atoms with E-state index in [1.54, 1.807) is 0 Å². The number of hydrogen-bond acceptors (Lipinski definition) is 2. The first-order valence-electron chi connectivity index (χ1n) is 5.46. The molecule has 0 amide bonds. The van der Waals surface area contributed by atoms with Gasteiger partial charge in [-0.1, -0.05) is 20.8 Å². The monoisotopic (exact) mass is 201 g/mol. The topological polar surface area (TPSA) is 3.24 Å². The van der Waals surface area contributed by atoms with Crippen molar-refractivity contribution < 1.29 is 0 Å². The van der Waals surface area contributed by atoms with Gasteiger partial charge in [0.2, 0.25) is 0 Å². The maximum atomic E-state index is 4.42. The van der Waals surface area contributed by atoms with Crippen molar-refractivity contribution in [3.8, 4) is 0 Å². The van der Waals surface area contributed by atoms with E-state index in [4.69, 9.17) is 0 Å². The van der Waals surface area contributed by atoms with Crippen molar-refractivity contribution in [1.29, 1.82) is 0 Å². The summed E-state index contributed by atoms with van der Waals surface area (Å²) in [6.07, 6.45) is 1.39. The fourth-order valence-electron chi connectivity index (χ4n) is 2.00. The second-order valence-electron chi connectivity index (χ2n) is 4.84. The third kappa shape index (κ3) is 3.51. The van der Waals surface area contributed by atoms with Crippen LogP contribution in [0.4, 0.5) is 0 Å². The first kappa shape index (κ1) is 11.4. The van der Waals surface area contributed by atoms with E-state index in [9.17, 15) is 0 Å². The zero-order valence-corrected chi connectivity index (χ0v) is 10.1. The standard InChI is InChI=1S/C11H23NS/c1-9(2)11(8-13)7-12-5-4-10(3)6-12/h9-11,13H,4-8H2,1-3H3. The predicted octanol–water partition coefficient (Wildman–Crippen LogP) is 2.53. The maximum Gasteiger partial charge on any atom is 0.00200 e. The molecule has 0 aromatic rings. The van der Waals surface area contributed by atoms with Gasteiger partial charge in [-0.2, -0.15) is 12.6 Å². The van der Waals surface area contributed by atoms with Crippen molar-refractivity contribution in [1.82, 2.24) is 4.90 Å². The number of hydrogen-bond donors (Lipinski definition) is 1. The minimum atomic E-state index is 0.772. The molecular formula is C11H23NS. The highest BCUT2D eigenvalue weighted by Gasteiger charge is 2.22. The zero-order valence-electron chi connectivity index (χ0n) is 9.16. The molecule has 1 nitrogen and oxygen atoms in total. The van der Waals surface area contributed by atoms with Crippen molar-refractivity contribution in [2.45, 2.75) is 27.2 Å². The van der Waals surface area contributed by atoms with Crippen molar-refractivity contribution >= 4 is 12.6 Å². The summed E-state index contributed by atoms with van der Waals surface area (Å²) in [5, 5.41) is 0. The molecule has 0 radical (unpaired) electrons. The lowest BCUT2D eigenvalue weighted by atomic mass is 9.97. The summed E-state index contributed by atoms with van der Waals surface area (Å²) in [7, 11) is 0. The lowest BCUT2D eigenvalue weighted by Crippen LogP contribution is -2.30. The first-order valence-corrected chi connectivity index (χ1v) is 6.10. The normalized spacial score (nSPS) is 27.0. The Morgan fingerprint density at radius 3 is 2.54 bits per heavy atom. The molecule has 78 valence electrons. The number of rotatable bonds is 4. The molecular weight excluding hydrogens is 178 g/mol. The zero-order chi connectivity index (χ0) is 9.84. The highest BCUT2D eigenvalue weighted by atomic mass is 32.1. The Morgan fingerprint density at radius 1 is 1.46 bits per heavy atom. The van der Waals surface area contributed by atoms with Crippen LogP contribution in [0.25, 0.3) is 0 Å². The summed E-state index contributed by atoms with van der Waals surface area (Å²) in [6.45, 7) is 10.8. The molecule has 0 N–H and O–H groups in total. The molecule has 0 spiro atoms. The molecule has 0 aromatic carbocycles. The molecule has 0 bridgehead atoms. The molecule has 1 fully saturated rings. The Bertz CT molecular complexity index is 147. The minimum Gasteiger partial charge on any atom is -0.303 e. The van der Waals surface area contributed by atoms with Crippen molar-refractivity contribution in [3.05, 3.63) is 0 Å². The van der Waals surface area contributed by atoms with Gasteiger partial charge in [-0.25, -0.2) is 0 Å². The fraction of sp³-hybridized carbons (Fsp3) is 1.00. The van der Waals surface area contributed by atoms with Crippen LogP contribution in [0.2, 0.25) is 0 Å².